The molecular formula is C11H20O3. The van der Waals surface area contributed by atoms with Crippen LogP contribution in [-0.4, -0.2) is 19.2 Å². The molecule has 0 saturated carbocycles. The molecule has 0 saturated heterocycles. The lowest BCUT2D eigenvalue weighted by Gasteiger charge is -2.18. The SMILES string of the molecule is CCOC(=O)C=C(C)OCC(C)(C)C. The lowest BCUT2D eigenvalue weighted by Crippen LogP contribution is -2.14. The molecule has 0 atom stereocenters. The summed E-state index contributed by atoms with van der Waals surface area (Å²) in [4.78, 5) is 11.0. The van der Waals surface area contributed by atoms with Crippen molar-refractivity contribution in [3.8, 4) is 0 Å². The minimum atomic E-state index is -0.348. The molecule has 0 heterocycles. The Morgan fingerprint density at radius 1 is 1.29 bits per heavy atom. The van der Waals surface area contributed by atoms with Crippen molar-refractivity contribution in [3.05, 3.63) is 11.8 Å². The molecule has 0 aromatic heterocycles. The second kappa shape index (κ2) is 5.68. The molecule has 0 radical (unpaired) electrons. The third kappa shape index (κ3) is 7.65. The molecule has 0 aromatic carbocycles. The van der Waals surface area contributed by atoms with Crippen LogP contribution in [0, 0.1) is 5.41 Å². The van der Waals surface area contributed by atoms with Gasteiger partial charge < -0.3 is 9.47 Å². The van der Waals surface area contributed by atoms with Crippen LogP contribution in [0.5, 0.6) is 0 Å². The van der Waals surface area contributed by atoms with Crippen molar-refractivity contribution in [2.24, 2.45) is 5.41 Å². The quantitative estimate of drug-likeness (QED) is 0.397. The Labute approximate surface area is 86.1 Å². The van der Waals surface area contributed by atoms with Gasteiger partial charge in [-0.25, -0.2) is 4.79 Å². The maximum absolute atomic E-state index is 11.0. The highest BCUT2D eigenvalue weighted by atomic mass is 16.5. The maximum Gasteiger partial charge on any atom is 0.334 e. The largest absolute Gasteiger partial charge is 0.497 e. The number of carbonyl (C=O) groups is 1. The van der Waals surface area contributed by atoms with Crippen molar-refractivity contribution in [1.82, 2.24) is 0 Å². The van der Waals surface area contributed by atoms with E-state index in [1.165, 1.54) is 6.08 Å². The van der Waals surface area contributed by atoms with Gasteiger partial charge in [-0.15, -0.1) is 0 Å². The molecule has 0 unspecified atom stereocenters. The van der Waals surface area contributed by atoms with Crippen LogP contribution in [0.25, 0.3) is 0 Å². The number of carbonyl (C=O) groups excluding carboxylic acids is 1. The van der Waals surface area contributed by atoms with Crippen molar-refractivity contribution in [1.29, 1.82) is 0 Å². The van der Waals surface area contributed by atoms with Crippen LogP contribution in [-0.2, 0) is 14.3 Å². The van der Waals surface area contributed by atoms with Crippen LogP contribution in [0.1, 0.15) is 34.6 Å². The average molecular weight is 200 g/mol. The maximum atomic E-state index is 11.0. The number of rotatable bonds is 4. The highest BCUT2D eigenvalue weighted by molar-refractivity contribution is 5.82. The van der Waals surface area contributed by atoms with Gasteiger partial charge in [0.05, 0.1) is 19.3 Å². The van der Waals surface area contributed by atoms with Crippen LogP contribution in [0.2, 0.25) is 0 Å². The molecule has 0 spiro atoms. The summed E-state index contributed by atoms with van der Waals surface area (Å²) in [6, 6.07) is 0. The fourth-order valence-electron chi connectivity index (χ4n) is 0.722. The molecule has 0 aromatic rings. The number of esters is 1. The van der Waals surface area contributed by atoms with E-state index in [2.05, 4.69) is 20.8 Å². The van der Waals surface area contributed by atoms with Gasteiger partial charge in [-0.05, 0) is 19.3 Å². The molecule has 0 bridgehead atoms. The fraction of sp³-hybridized carbons (Fsp3) is 0.727. The number of allylic oxidation sites excluding steroid dienone is 1. The minimum absolute atomic E-state index is 0.101. The molecule has 0 aliphatic heterocycles. The number of hydrogen-bond acceptors (Lipinski definition) is 3. The van der Waals surface area contributed by atoms with E-state index < -0.39 is 0 Å². The van der Waals surface area contributed by atoms with Gasteiger partial charge in [-0.2, -0.15) is 0 Å². The second-order valence-electron chi connectivity index (χ2n) is 4.36. The van der Waals surface area contributed by atoms with E-state index in [4.69, 9.17) is 9.47 Å². The predicted octanol–water partition coefficient (Wildman–Crippen LogP) is 2.52. The fourth-order valence-corrected chi connectivity index (χ4v) is 0.722. The minimum Gasteiger partial charge on any atom is -0.497 e. The summed E-state index contributed by atoms with van der Waals surface area (Å²) in [5.41, 5.74) is 0.101. The van der Waals surface area contributed by atoms with Crippen molar-refractivity contribution >= 4 is 5.97 Å². The summed E-state index contributed by atoms with van der Waals surface area (Å²) in [5.74, 6) is 0.247. The molecule has 0 fully saturated rings. The van der Waals surface area contributed by atoms with Crippen molar-refractivity contribution < 1.29 is 14.3 Å². The second-order valence-corrected chi connectivity index (χ2v) is 4.36. The Morgan fingerprint density at radius 3 is 2.29 bits per heavy atom. The molecule has 0 aliphatic carbocycles. The summed E-state index contributed by atoms with van der Waals surface area (Å²) in [6.45, 7) is 10.7. The third-order valence-corrected chi connectivity index (χ3v) is 1.34. The highest BCUT2D eigenvalue weighted by Crippen LogP contribution is 2.14. The number of hydrogen-bond donors (Lipinski definition) is 0. The van der Waals surface area contributed by atoms with E-state index in [1.54, 1.807) is 13.8 Å². The Balaban J connectivity index is 3.95. The summed E-state index contributed by atoms with van der Waals surface area (Å²) >= 11 is 0. The first-order valence-corrected chi connectivity index (χ1v) is 4.83. The molecule has 0 N–H and O–H groups in total. The Morgan fingerprint density at radius 2 is 1.86 bits per heavy atom. The molecule has 14 heavy (non-hydrogen) atoms. The van der Waals surface area contributed by atoms with E-state index in [9.17, 15) is 4.79 Å². The Hall–Kier alpha value is -0.990. The predicted molar refractivity (Wildman–Crippen MR) is 55.8 cm³/mol. The average Bonchev–Trinajstić information content (AvgIpc) is 2.00. The van der Waals surface area contributed by atoms with Crippen LogP contribution in [0.4, 0.5) is 0 Å². The number of ether oxygens (including phenoxy) is 2. The molecule has 3 nitrogen and oxygen atoms in total. The Kier molecular flexibility index (Phi) is 5.28. The summed E-state index contributed by atoms with van der Waals surface area (Å²) in [5, 5.41) is 0. The van der Waals surface area contributed by atoms with Gasteiger partial charge in [0.25, 0.3) is 0 Å². The molecule has 3 heteroatoms. The van der Waals surface area contributed by atoms with Gasteiger partial charge in [-0.1, -0.05) is 20.8 Å². The first-order chi connectivity index (χ1) is 6.35. The topological polar surface area (TPSA) is 35.5 Å². The van der Waals surface area contributed by atoms with Crippen LogP contribution in [0.3, 0.4) is 0 Å². The molecular weight excluding hydrogens is 180 g/mol. The van der Waals surface area contributed by atoms with Crippen molar-refractivity contribution in [3.63, 3.8) is 0 Å². The van der Waals surface area contributed by atoms with Crippen LogP contribution >= 0.6 is 0 Å². The van der Waals surface area contributed by atoms with Gasteiger partial charge in [0.1, 0.15) is 5.76 Å². The first-order valence-electron chi connectivity index (χ1n) is 4.83. The van der Waals surface area contributed by atoms with E-state index >= 15 is 0 Å². The Bertz CT molecular complexity index is 211. The zero-order chi connectivity index (χ0) is 11.2. The van der Waals surface area contributed by atoms with E-state index in [1.807, 2.05) is 0 Å². The van der Waals surface area contributed by atoms with Gasteiger partial charge >= 0.3 is 5.97 Å². The molecule has 82 valence electrons. The zero-order valence-corrected chi connectivity index (χ0v) is 9.72. The van der Waals surface area contributed by atoms with Gasteiger partial charge in [0.15, 0.2) is 0 Å². The van der Waals surface area contributed by atoms with Crippen molar-refractivity contribution in [2.45, 2.75) is 34.6 Å². The van der Waals surface area contributed by atoms with Gasteiger partial charge in [0.2, 0.25) is 0 Å². The summed E-state index contributed by atoms with van der Waals surface area (Å²) < 4.78 is 10.1. The monoisotopic (exact) mass is 200 g/mol. The van der Waals surface area contributed by atoms with Crippen LogP contribution < -0.4 is 0 Å². The third-order valence-electron chi connectivity index (χ3n) is 1.34. The summed E-state index contributed by atoms with van der Waals surface area (Å²) in [6.07, 6.45) is 1.37. The highest BCUT2D eigenvalue weighted by Gasteiger charge is 2.11. The molecule has 0 rings (SSSR count). The lowest BCUT2D eigenvalue weighted by molar-refractivity contribution is -0.137. The summed E-state index contributed by atoms with van der Waals surface area (Å²) in [7, 11) is 0. The smallest absolute Gasteiger partial charge is 0.334 e. The lowest BCUT2D eigenvalue weighted by atomic mass is 9.99. The van der Waals surface area contributed by atoms with E-state index in [-0.39, 0.29) is 11.4 Å². The van der Waals surface area contributed by atoms with Gasteiger partial charge in [0, 0.05) is 0 Å². The first kappa shape index (κ1) is 13.0. The normalized spacial score (nSPS) is 12.5. The zero-order valence-electron chi connectivity index (χ0n) is 9.72. The standard InChI is InChI=1S/C11H20O3/c1-6-13-10(12)7-9(2)14-8-11(3,4)5/h7H,6,8H2,1-5H3. The van der Waals surface area contributed by atoms with Crippen LogP contribution in [0.15, 0.2) is 11.8 Å². The molecule has 0 aliphatic rings. The van der Waals surface area contributed by atoms with E-state index in [0.29, 0.717) is 19.0 Å². The van der Waals surface area contributed by atoms with Crippen molar-refractivity contribution in [2.75, 3.05) is 13.2 Å². The molecule has 0 amide bonds. The van der Waals surface area contributed by atoms with Gasteiger partial charge in [-0.3, -0.25) is 0 Å². The van der Waals surface area contributed by atoms with E-state index in [0.717, 1.165) is 0 Å².